The van der Waals surface area contributed by atoms with Crippen LogP contribution in [-0.4, -0.2) is 20.6 Å². The Bertz CT molecular complexity index is 1160. The van der Waals surface area contributed by atoms with Gasteiger partial charge in [0.25, 0.3) is 0 Å². The summed E-state index contributed by atoms with van der Waals surface area (Å²) in [5, 5.41) is 19.9. The molecule has 0 amide bonds. The minimum Gasteiger partial charge on any atom is -0.478 e. The van der Waals surface area contributed by atoms with Crippen LogP contribution in [0.1, 0.15) is 52.5 Å². The summed E-state index contributed by atoms with van der Waals surface area (Å²) in [6.07, 6.45) is 5.63. The number of benzene rings is 1. The highest BCUT2D eigenvalue weighted by molar-refractivity contribution is 5.94. The van der Waals surface area contributed by atoms with Gasteiger partial charge in [0.2, 0.25) is 0 Å². The summed E-state index contributed by atoms with van der Waals surface area (Å²) in [6, 6.07) is 12.6. The Morgan fingerprint density at radius 3 is 2.89 bits per heavy atom. The van der Waals surface area contributed by atoms with Gasteiger partial charge in [0.05, 0.1) is 17.3 Å². The SMILES string of the molecule is Cc1cc(C)c2c(C#N)c(C=CC(=O)O)n(C3CCCc4ccccc43)c2n1. The molecule has 28 heavy (non-hydrogen) atoms. The molecule has 1 unspecified atom stereocenters. The van der Waals surface area contributed by atoms with E-state index in [0.717, 1.165) is 47.6 Å². The number of hydrogen-bond donors (Lipinski definition) is 1. The third-order valence-corrected chi connectivity index (χ3v) is 5.46. The molecule has 1 atom stereocenters. The van der Waals surface area contributed by atoms with Crippen LogP contribution in [0.5, 0.6) is 0 Å². The number of aromatic nitrogens is 2. The molecule has 0 fully saturated rings. The van der Waals surface area contributed by atoms with Crippen molar-refractivity contribution in [2.24, 2.45) is 0 Å². The standard InChI is InChI=1S/C23H21N3O2/c1-14-12-15(2)25-23-22(14)18(13-24)20(10-11-21(27)28)26(23)19-9-5-7-16-6-3-4-8-17(16)19/h3-4,6,8,10-12,19H,5,7,9H2,1-2H3,(H,27,28). The van der Waals surface area contributed by atoms with E-state index in [1.54, 1.807) is 0 Å². The average molecular weight is 371 g/mol. The van der Waals surface area contributed by atoms with Crippen molar-refractivity contribution < 1.29 is 9.90 Å². The molecule has 0 bridgehead atoms. The molecule has 3 aromatic rings. The number of fused-ring (bicyclic) bond motifs is 2. The molecular weight excluding hydrogens is 350 g/mol. The lowest BCUT2D eigenvalue weighted by Gasteiger charge is -2.28. The van der Waals surface area contributed by atoms with Gasteiger partial charge in [-0.2, -0.15) is 5.26 Å². The molecule has 0 aliphatic heterocycles. The predicted octanol–water partition coefficient (Wildman–Crippen LogP) is 4.55. The van der Waals surface area contributed by atoms with Gasteiger partial charge in [-0.3, -0.25) is 0 Å². The molecule has 4 rings (SSSR count). The second-order valence-electron chi connectivity index (χ2n) is 7.30. The molecule has 1 N–H and O–H groups in total. The lowest BCUT2D eigenvalue weighted by molar-refractivity contribution is -0.131. The van der Waals surface area contributed by atoms with Gasteiger partial charge < -0.3 is 9.67 Å². The van der Waals surface area contributed by atoms with Crippen LogP contribution in [-0.2, 0) is 11.2 Å². The minimum absolute atomic E-state index is 0.0247. The van der Waals surface area contributed by atoms with Gasteiger partial charge in [0, 0.05) is 17.2 Å². The molecule has 5 heteroatoms. The summed E-state index contributed by atoms with van der Waals surface area (Å²) < 4.78 is 2.07. The number of carboxylic acid groups (broad SMARTS) is 1. The Balaban J connectivity index is 2.09. The van der Waals surface area contributed by atoms with Crippen molar-refractivity contribution in [1.29, 1.82) is 5.26 Å². The van der Waals surface area contributed by atoms with Crippen LogP contribution in [0.25, 0.3) is 17.1 Å². The Labute approximate surface area is 163 Å². The number of aliphatic carboxylic acids is 1. The quantitative estimate of drug-likeness (QED) is 0.685. The fraction of sp³-hybridized carbons (Fsp3) is 0.261. The minimum atomic E-state index is -1.04. The zero-order valence-corrected chi connectivity index (χ0v) is 15.9. The van der Waals surface area contributed by atoms with Crippen molar-refractivity contribution in [3.8, 4) is 6.07 Å². The number of nitriles is 1. The largest absolute Gasteiger partial charge is 0.478 e. The van der Waals surface area contributed by atoms with Crippen LogP contribution in [0.2, 0.25) is 0 Å². The molecule has 1 aromatic carbocycles. The Morgan fingerprint density at radius 1 is 1.36 bits per heavy atom. The van der Waals surface area contributed by atoms with Gasteiger partial charge in [-0.05, 0) is 61.9 Å². The summed E-state index contributed by atoms with van der Waals surface area (Å²) >= 11 is 0. The zero-order valence-electron chi connectivity index (χ0n) is 15.9. The van der Waals surface area contributed by atoms with Crippen molar-refractivity contribution in [3.63, 3.8) is 0 Å². The van der Waals surface area contributed by atoms with E-state index in [1.165, 1.54) is 17.2 Å². The molecule has 2 aromatic heterocycles. The highest BCUT2D eigenvalue weighted by Gasteiger charge is 2.28. The first kappa shape index (κ1) is 18.0. The number of aryl methyl sites for hydroxylation is 3. The van der Waals surface area contributed by atoms with E-state index in [4.69, 9.17) is 4.98 Å². The fourth-order valence-corrected chi connectivity index (χ4v) is 4.40. The monoisotopic (exact) mass is 371 g/mol. The van der Waals surface area contributed by atoms with E-state index in [-0.39, 0.29) is 6.04 Å². The van der Waals surface area contributed by atoms with Crippen LogP contribution < -0.4 is 0 Å². The van der Waals surface area contributed by atoms with E-state index in [9.17, 15) is 15.2 Å². The molecule has 0 saturated carbocycles. The van der Waals surface area contributed by atoms with Gasteiger partial charge in [-0.15, -0.1) is 0 Å². The van der Waals surface area contributed by atoms with E-state index < -0.39 is 5.97 Å². The summed E-state index contributed by atoms with van der Waals surface area (Å²) in [7, 11) is 0. The van der Waals surface area contributed by atoms with Crippen LogP contribution in [0.3, 0.4) is 0 Å². The maximum Gasteiger partial charge on any atom is 0.328 e. The van der Waals surface area contributed by atoms with Gasteiger partial charge >= 0.3 is 5.97 Å². The summed E-state index contributed by atoms with van der Waals surface area (Å²) in [5.41, 5.74) is 6.24. The van der Waals surface area contributed by atoms with E-state index in [0.29, 0.717) is 11.3 Å². The maximum absolute atomic E-state index is 11.2. The first-order valence-electron chi connectivity index (χ1n) is 9.42. The second-order valence-corrected chi connectivity index (χ2v) is 7.30. The van der Waals surface area contributed by atoms with Crippen LogP contribution in [0.15, 0.2) is 36.4 Å². The molecule has 0 spiro atoms. The van der Waals surface area contributed by atoms with Crippen LogP contribution in [0, 0.1) is 25.2 Å². The summed E-state index contributed by atoms with van der Waals surface area (Å²) in [5.74, 6) is -1.04. The van der Waals surface area contributed by atoms with E-state index in [2.05, 4.69) is 22.8 Å². The molecule has 5 nitrogen and oxygen atoms in total. The van der Waals surface area contributed by atoms with Crippen LogP contribution in [0.4, 0.5) is 0 Å². The van der Waals surface area contributed by atoms with Crippen molar-refractivity contribution in [2.45, 2.75) is 39.2 Å². The third kappa shape index (κ3) is 2.87. The second kappa shape index (κ2) is 6.97. The zero-order chi connectivity index (χ0) is 19.8. The smallest absolute Gasteiger partial charge is 0.328 e. The first-order valence-corrected chi connectivity index (χ1v) is 9.42. The summed E-state index contributed by atoms with van der Waals surface area (Å²) in [6.45, 7) is 3.92. The lowest BCUT2D eigenvalue weighted by Crippen LogP contribution is -2.19. The molecule has 1 aliphatic rings. The first-order chi connectivity index (χ1) is 13.5. The average Bonchev–Trinajstić information content (AvgIpc) is 2.99. The molecule has 2 heterocycles. The molecule has 0 saturated heterocycles. The van der Waals surface area contributed by atoms with Crippen molar-refractivity contribution in [3.05, 3.63) is 70.0 Å². The molecule has 1 aliphatic carbocycles. The number of carboxylic acids is 1. The number of rotatable bonds is 3. The Hall–Kier alpha value is -3.39. The van der Waals surface area contributed by atoms with Crippen molar-refractivity contribution in [1.82, 2.24) is 9.55 Å². The van der Waals surface area contributed by atoms with Crippen LogP contribution >= 0.6 is 0 Å². The Kier molecular flexibility index (Phi) is 4.48. The van der Waals surface area contributed by atoms with Gasteiger partial charge in [-0.1, -0.05) is 24.3 Å². The van der Waals surface area contributed by atoms with Crippen molar-refractivity contribution in [2.75, 3.05) is 0 Å². The van der Waals surface area contributed by atoms with E-state index >= 15 is 0 Å². The van der Waals surface area contributed by atoms with E-state index in [1.807, 2.05) is 32.0 Å². The number of carbonyl (C=O) groups is 1. The van der Waals surface area contributed by atoms with Gasteiger partial charge in [0.15, 0.2) is 0 Å². The maximum atomic E-state index is 11.2. The Morgan fingerprint density at radius 2 is 2.14 bits per heavy atom. The van der Waals surface area contributed by atoms with Crippen molar-refractivity contribution >= 4 is 23.1 Å². The third-order valence-electron chi connectivity index (χ3n) is 5.46. The molecule has 0 radical (unpaired) electrons. The highest BCUT2D eigenvalue weighted by Crippen LogP contribution is 2.39. The predicted molar refractivity (Wildman–Crippen MR) is 108 cm³/mol. The lowest BCUT2D eigenvalue weighted by atomic mass is 9.87. The number of pyridine rings is 1. The van der Waals surface area contributed by atoms with Gasteiger partial charge in [-0.25, -0.2) is 9.78 Å². The topological polar surface area (TPSA) is 78.9 Å². The number of nitrogens with zero attached hydrogens (tertiary/aromatic N) is 3. The highest BCUT2D eigenvalue weighted by atomic mass is 16.4. The molecule has 140 valence electrons. The fourth-order valence-electron chi connectivity index (χ4n) is 4.40. The summed E-state index contributed by atoms with van der Waals surface area (Å²) in [4.78, 5) is 16.0. The van der Waals surface area contributed by atoms with Gasteiger partial charge in [0.1, 0.15) is 11.7 Å². The molecular formula is C23H21N3O2. The normalized spacial score (nSPS) is 16.2. The number of hydrogen-bond acceptors (Lipinski definition) is 3.